The average molecular weight is 279 g/mol. The van der Waals surface area contributed by atoms with E-state index in [9.17, 15) is 9.90 Å². The Morgan fingerprint density at radius 2 is 1.90 bits per heavy atom. The summed E-state index contributed by atoms with van der Waals surface area (Å²) in [7, 11) is 0. The second-order valence-corrected chi connectivity index (χ2v) is 4.51. The number of hydrogen-bond acceptors (Lipinski definition) is 3. The van der Waals surface area contributed by atoms with E-state index in [4.69, 9.17) is 0 Å². The fraction of sp³-hybridized carbons (Fsp3) is 0. The molecule has 0 atom stereocenters. The maximum Gasteiger partial charge on any atom is 0.273 e. The number of benzene rings is 2. The van der Waals surface area contributed by atoms with Gasteiger partial charge in [-0.1, -0.05) is 30.3 Å². The van der Waals surface area contributed by atoms with Crippen LogP contribution in [0.4, 0.5) is 0 Å². The van der Waals surface area contributed by atoms with E-state index in [1.165, 1.54) is 6.21 Å². The van der Waals surface area contributed by atoms with Gasteiger partial charge in [0.1, 0.15) is 5.75 Å². The molecular weight excluding hydrogens is 266 g/mol. The number of aromatic hydroxyl groups is 1. The first kappa shape index (κ1) is 12.9. The van der Waals surface area contributed by atoms with Crippen LogP contribution in [0.2, 0.25) is 0 Å². The number of para-hydroxylation sites is 2. The zero-order valence-corrected chi connectivity index (χ0v) is 11.1. The Morgan fingerprint density at radius 1 is 1.14 bits per heavy atom. The molecule has 0 aliphatic heterocycles. The third kappa shape index (κ3) is 2.62. The molecule has 0 fully saturated rings. The van der Waals surface area contributed by atoms with Crippen molar-refractivity contribution < 1.29 is 9.90 Å². The van der Waals surface area contributed by atoms with Gasteiger partial charge in [0.2, 0.25) is 0 Å². The molecular formula is C16H13N3O2. The van der Waals surface area contributed by atoms with Crippen LogP contribution in [0.3, 0.4) is 0 Å². The third-order valence-electron chi connectivity index (χ3n) is 3.14. The number of phenolic OH excluding ortho intramolecular Hbond substituents is 1. The Morgan fingerprint density at radius 3 is 2.76 bits per heavy atom. The lowest BCUT2D eigenvalue weighted by Crippen LogP contribution is -2.17. The van der Waals surface area contributed by atoms with Gasteiger partial charge in [-0.3, -0.25) is 4.79 Å². The van der Waals surface area contributed by atoms with Crippen molar-refractivity contribution >= 4 is 23.0 Å². The first-order valence-corrected chi connectivity index (χ1v) is 6.43. The Kier molecular flexibility index (Phi) is 3.39. The van der Waals surface area contributed by atoms with Crippen molar-refractivity contribution in [1.82, 2.24) is 10.4 Å². The quantitative estimate of drug-likeness (QED) is 0.509. The smallest absolute Gasteiger partial charge is 0.273 e. The number of hydrazone groups is 1. The van der Waals surface area contributed by atoms with Gasteiger partial charge in [-0.05, 0) is 18.2 Å². The van der Waals surface area contributed by atoms with Crippen molar-refractivity contribution in [3.05, 3.63) is 65.9 Å². The van der Waals surface area contributed by atoms with E-state index in [0.717, 1.165) is 10.9 Å². The van der Waals surface area contributed by atoms with Crippen LogP contribution in [0.1, 0.15) is 15.9 Å². The molecule has 21 heavy (non-hydrogen) atoms. The molecule has 0 spiro atoms. The predicted octanol–water partition coefficient (Wildman–Crippen LogP) is 2.64. The summed E-state index contributed by atoms with van der Waals surface area (Å²) in [6, 6.07) is 14.3. The average Bonchev–Trinajstić information content (AvgIpc) is 2.93. The first-order chi connectivity index (χ1) is 10.3. The Bertz CT molecular complexity index is 821. The minimum atomic E-state index is -0.306. The molecule has 3 rings (SSSR count). The topological polar surface area (TPSA) is 77.5 Å². The Labute approximate surface area is 120 Å². The molecule has 1 aromatic heterocycles. The predicted molar refractivity (Wildman–Crippen MR) is 81.5 cm³/mol. The van der Waals surface area contributed by atoms with Crippen LogP contribution in [-0.2, 0) is 0 Å². The lowest BCUT2D eigenvalue weighted by atomic mass is 10.2. The number of nitrogens with zero attached hydrogens (tertiary/aromatic N) is 1. The molecule has 5 nitrogen and oxygen atoms in total. The number of carbonyl (C=O) groups is 1. The number of carbonyl (C=O) groups excluding carboxylic acids is 1. The van der Waals surface area contributed by atoms with Crippen molar-refractivity contribution in [2.45, 2.75) is 0 Å². The van der Waals surface area contributed by atoms with E-state index in [1.807, 2.05) is 24.3 Å². The molecule has 3 N–H and O–H groups in total. The van der Waals surface area contributed by atoms with Crippen molar-refractivity contribution in [1.29, 1.82) is 0 Å². The number of hydrogen-bond donors (Lipinski definition) is 3. The van der Waals surface area contributed by atoms with Gasteiger partial charge in [0.05, 0.1) is 11.8 Å². The molecule has 0 aliphatic rings. The molecule has 3 aromatic rings. The van der Waals surface area contributed by atoms with E-state index < -0.39 is 0 Å². The van der Waals surface area contributed by atoms with E-state index in [-0.39, 0.29) is 11.7 Å². The van der Waals surface area contributed by atoms with E-state index in [1.54, 1.807) is 30.5 Å². The molecule has 2 aromatic carbocycles. The minimum Gasteiger partial charge on any atom is -0.507 e. The van der Waals surface area contributed by atoms with Gasteiger partial charge in [0.15, 0.2) is 0 Å². The van der Waals surface area contributed by atoms with Crippen LogP contribution in [0, 0.1) is 0 Å². The molecule has 5 heteroatoms. The van der Waals surface area contributed by atoms with Gasteiger partial charge >= 0.3 is 0 Å². The van der Waals surface area contributed by atoms with Gasteiger partial charge in [0.25, 0.3) is 5.91 Å². The number of nitrogens with one attached hydrogen (secondary N) is 2. The standard InChI is InChI=1S/C16H13N3O2/c20-15-8-4-1-5-11(15)9-18-19-16(21)13-10-17-14-7-3-2-6-12(13)14/h1-10,17,20H,(H,19,21)/b18-9+. The third-order valence-corrected chi connectivity index (χ3v) is 3.14. The summed E-state index contributed by atoms with van der Waals surface area (Å²) in [6.07, 6.45) is 3.05. The normalized spacial score (nSPS) is 11.0. The van der Waals surface area contributed by atoms with Gasteiger partial charge in [-0.15, -0.1) is 0 Å². The van der Waals surface area contributed by atoms with Crippen LogP contribution in [0.15, 0.2) is 59.8 Å². The number of aromatic amines is 1. The van der Waals surface area contributed by atoms with Crippen LogP contribution in [0.5, 0.6) is 5.75 Å². The summed E-state index contributed by atoms with van der Waals surface area (Å²) in [4.78, 5) is 15.1. The van der Waals surface area contributed by atoms with Crippen LogP contribution in [-0.4, -0.2) is 22.2 Å². The molecule has 0 bridgehead atoms. The van der Waals surface area contributed by atoms with Crippen molar-refractivity contribution in [2.24, 2.45) is 5.10 Å². The van der Waals surface area contributed by atoms with E-state index in [2.05, 4.69) is 15.5 Å². The SMILES string of the molecule is O=C(N/N=C/c1ccccc1O)c1c[nH]c2ccccc12. The molecule has 1 amide bonds. The highest BCUT2D eigenvalue weighted by molar-refractivity contribution is 6.06. The molecule has 0 aliphatic carbocycles. The van der Waals surface area contributed by atoms with Crippen LogP contribution in [0.25, 0.3) is 10.9 Å². The number of aromatic nitrogens is 1. The van der Waals surface area contributed by atoms with E-state index >= 15 is 0 Å². The van der Waals surface area contributed by atoms with Crippen molar-refractivity contribution in [3.63, 3.8) is 0 Å². The van der Waals surface area contributed by atoms with Crippen molar-refractivity contribution in [2.75, 3.05) is 0 Å². The molecule has 0 saturated carbocycles. The summed E-state index contributed by atoms with van der Waals surface area (Å²) < 4.78 is 0. The highest BCUT2D eigenvalue weighted by Gasteiger charge is 2.10. The maximum absolute atomic E-state index is 12.1. The highest BCUT2D eigenvalue weighted by atomic mass is 16.3. The summed E-state index contributed by atoms with van der Waals surface area (Å²) in [5.41, 5.74) is 4.41. The monoisotopic (exact) mass is 279 g/mol. The first-order valence-electron chi connectivity index (χ1n) is 6.43. The largest absolute Gasteiger partial charge is 0.507 e. The number of H-pyrrole nitrogens is 1. The summed E-state index contributed by atoms with van der Waals surface area (Å²) in [5.74, 6) is -0.193. The number of rotatable bonds is 3. The number of amides is 1. The fourth-order valence-corrected chi connectivity index (χ4v) is 2.08. The van der Waals surface area contributed by atoms with Gasteiger partial charge in [-0.25, -0.2) is 5.43 Å². The van der Waals surface area contributed by atoms with Crippen LogP contribution >= 0.6 is 0 Å². The lowest BCUT2D eigenvalue weighted by Gasteiger charge is -1.99. The Balaban J connectivity index is 1.77. The number of fused-ring (bicyclic) bond motifs is 1. The van der Waals surface area contributed by atoms with E-state index in [0.29, 0.717) is 11.1 Å². The van der Waals surface area contributed by atoms with Crippen LogP contribution < -0.4 is 5.43 Å². The molecule has 1 heterocycles. The van der Waals surface area contributed by atoms with Gasteiger partial charge in [0, 0.05) is 22.7 Å². The second-order valence-electron chi connectivity index (χ2n) is 4.51. The summed E-state index contributed by atoms with van der Waals surface area (Å²) in [6.45, 7) is 0. The zero-order valence-electron chi connectivity index (χ0n) is 11.1. The van der Waals surface area contributed by atoms with Crippen molar-refractivity contribution in [3.8, 4) is 5.75 Å². The summed E-state index contributed by atoms with van der Waals surface area (Å²) in [5, 5.41) is 14.3. The second kappa shape index (κ2) is 5.50. The maximum atomic E-state index is 12.1. The minimum absolute atomic E-state index is 0.114. The molecule has 0 unspecified atom stereocenters. The molecule has 104 valence electrons. The summed E-state index contributed by atoms with van der Waals surface area (Å²) >= 11 is 0. The lowest BCUT2D eigenvalue weighted by molar-refractivity contribution is 0.0957. The Hall–Kier alpha value is -3.08. The fourth-order valence-electron chi connectivity index (χ4n) is 2.08. The van der Waals surface area contributed by atoms with Gasteiger partial charge in [-0.2, -0.15) is 5.10 Å². The number of phenols is 1. The molecule has 0 saturated heterocycles. The molecule has 0 radical (unpaired) electrons. The zero-order chi connectivity index (χ0) is 14.7. The van der Waals surface area contributed by atoms with Gasteiger partial charge < -0.3 is 10.1 Å². The highest BCUT2D eigenvalue weighted by Crippen LogP contribution is 2.17.